The fourth-order valence-corrected chi connectivity index (χ4v) is 3.91. The molecule has 0 N–H and O–H groups in total. The monoisotopic (exact) mass is 251 g/mol. The highest BCUT2D eigenvalue weighted by Gasteiger charge is 2.38. The first-order chi connectivity index (χ1) is 8.27. The zero-order valence-electron chi connectivity index (χ0n) is 10.6. The number of thiazole rings is 1. The van der Waals surface area contributed by atoms with Gasteiger partial charge in [0, 0.05) is 24.7 Å². The van der Waals surface area contributed by atoms with E-state index in [-0.39, 0.29) is 0 Å². The molecule has 17 heavy (non-hydrogen) atoms. The molecule has 0 radical (unpaired) electrons. The van der Waals surface area contributed by atoms with Crippen LogP contribution in [0, 0.1) is 5.41 Å². The number of nitrogens with zero attached hydrogens (tertiary/aromatic N) is 3. The van der Waals surface area contributed by atoms with Crippen LogP contribution in [-0.4, -0.2) is 43.1 Å². The van der Waals surface area contributed by atoms with Gasteiger partial charge in [-0.05, 0) is 51.2 Å². The molecule has 0 bridgehead atoms. The van der Waals surface area contributed by atoms with E-state index in [1.54, 1.807) is 11.3 Å². The highest BCUT2D eigenvalue weighted by atomic mass is 32.1. The van der Waals surface area contributed by atoms with E-state index in [4.69, 9.17) is 0 Å². The standard InChI is InChI=1S/C13H21N3S/c1-15-8-4-13(5-9-15)3-2-7-16(11-13)12-14-6-10-17-12/h6,10H,2-5,7-9,11H2,1H3. The first kappa shape index (κ1) is 11.5. The van der Waals surface area contributed by atoms with Crippen LogP contribution in [-0.2, 0) is 0 Å². The third-order valence-corrected chi connectivity index (χ3v) is 5.23. The van der Waals surface area contributed by atoms with Crippen molar-refractivity contribution in [3.63, 3.8) is 0 Å². The van der Waals surface area contributed by atoms with Crippen molar-refractivity contribution in [2.45, 2.75) is 25.7 Å². The second-order valence-corrected chi connectivity index (χ2v) is 6.52. The first-order valence-corrected chi connectivity index (χ1v) is 7.48. The summed E-state index contributed by atoms with van der Waals surface area (Å²) in [5.74, 6) is 0. The third kappa shape index (κ3) is 2.33. The molecule has 0 atom stereocenters. The van der Waals surface area contributed by atoms with Gasteiger partial charge in [-0.15, -0.1) is 11.3 Å². The maximum Gasteiger partial charge on any atom is 0.185 e. The van der Waals surface area contributed by atoms with Gasteiger partial charge in [0.15, 0.2) is 5.13 Å². The van der Waals surface area contributed by atoms with Crippen LogP contribution in [0.25, 0.3) is 0 Å². The Labute approximate surface area is 107 Å². The fraction of sp³-hybridized carbons (Fsp3) is 0.769. The molecule has 4 heteroatoms. The number of aromatic nitrogens is 1. The summed E-state index contributed by atoms with van der Waals surface area (Å²) in [6.07, 6.45) is 7.42. The molecule has 3 heterocycles. The van der Waals surface area contributed by atoms with Gasteiger partial charge in [0.05, 0.1) is 0 Å². The molecule has 3 nitrogen and oxygen atoms in total. The van der Waals surface area contributed by atoms with Gasteiger partial charge in [0.1, 0.15) is 0 Å². The summed E-state index contributed by atoms with van der Waals surface area (Å²) in [7, 11) is 2.24. The topological polar surface area (TPSA) is 19.4 Å². The second-order valence-electron chi connectivity index (χ2n) is 5.64. The highest BCUT2D eigenvalue weighted by Crippen LogP contribution is 2.40. The van der Waals surface area contributed by atoms with Crippen molar-refractivity contribution in [1.82, 2.24) is 9.88 Å². The fourth-order valence-electron chi connectivity index (χ4n) is 3.24. The maximum atomic E-state index is 4.47. The number of piperidine rings is 2. The molecule has 2 saturated heterocycles. The first-order valence-electron chi connectivity index (χ1n) is 6.60. The van der Waals surface area contributed by atoms with E-state index < -0.39 is 0 Å². The van der Waals surface area contributed by atoms with E-state index in [0.717, 1.165) is 0 Å². The lowest BCUT2D eigenvalue weighted by molar-refractivity contribution is 0.103. The minimum absolute atomic E-state index is 0.580. The summed E-state index contributed by atoms with van der Waals surface area (Å²) in [5.41, 5.74) is 0.580. The van der Waals surface area contributed by atoms with Gasteiger partial charge in [-0.25, -0.2) is 4.98 Å². The molecule has 0 saturated carbocycles. The van der Waals surface area contributed by atoms with Gasteiger partial charge in [-0.3, -0.25) is 0 Å². The molecule has 0 amide bonds. The summed E-state index contributed by atoms with van der Waals surface area (Å²) in [4.78, 5) is 9.45. The highest BCUT2D eigenvalue weighted by molar-refractivity contribution is 7.13. The predicted octanol–water partition coefficient (Wildman–Crippen LogP) is 2.46. The zero-order valence-corrected chi connectivity index (χ0v) is 11.4. The minimum Gasteiger partial charge on any atom is -0.348 e. The Balaban J connectivity index is 1.71. The van der Waals surface area contributed by atoms with Crippen molar-refractivity contribution in [3.05, 3.63) is 11.6 Å². The number of likely N-dealkylation sites (tertiary alicyclic amines) is 1. The van der Waals surface area contributed by atoms with Gasteiger partial charge in [-0.2, -0.15) is 0 Å². The van der Waals surface area contributed by atoms with Crippen LogP contribution in [0.3, 0.4) is 0 Å². The van der Waals surface area contributed by atoms with Crippen LogP contribution >= 0.6 is 11.3 Å². The van der Waals surface area contributed by atoms with Crippen LogP contribution in [0.15, 0.2) is 11.6 Å². The van der Waals surface area contributed by atoms with Crippen molar-refractivity contribution in [1.29, 1.82) is 0 Å². The van der Waals surface area contributed by atoms with Gasteiger partial charge >= 0.3 is 0 Å². The lowest BCUT2D eigenvalue weighted by Crippen LogP contribution is -2.48. The van der Waals surface area contributed by atoms with E-state index in [1.165, 1.54) is 57.0 Å². The molecule has 1 aromatic heterocycles. The van der Waals surface area contributed by atoms with Crippen LogP contribution in [0.5, 0.6) is 0 Å². The number of anilines is 1. The van der Waals surface area contributed by atoms with E-state index in [0.29, 0.717) is 5.41 Å². The molecule has 2 aliphatic heterocycles. The van der Waals surface area contributed by atoms with Crippen molar-refractivity contribution in [2.75, 3.05) is 38.1 Å². The molecule has 0 aliphatic carbocycles. The average molecular weight is 251 g/mol. The molecule has 1 spiro atoms. The summed E-state index contributed by atoms with van der Waals surface area (Å²) < 4.78 is 0. The Morgan fingerprint density at radius 1 is 1.24 bits per heavy atom. The summed E-state index contributed by atoms with van der Waals surface area (Å²) >= 11 is 1.78. The Kier molecular flexibility index (Phi) is 3.09. The number of rotatable bonds is 1. The molecule has 94 valence electrons. The number of hydrogen-bond donors (Lipinski definition) is 0. The summed E-state index contributed by atoms with van der Waals surface area (Å²) in [6.45, 7) is 4.97. The number of hydrogen-bond acceptors (Lipinski definition) is 4. The van der Waals surface area contributed by atoms with E-state index >= 15 is 0 Å². The molecule has 2 aliphatic rings. The van der Waals surface area contributed by atoms with Crippen molar-refractivity contribution >= 4 is 16.5 Å². The lowest BCUT2D eigenvalue weighted by Gasteiger charge is -2.47. The van der Waals surface area contributed by atoms with Gasteiger partial charge in [-0.1, -0.05) is 0 Å². The van der Waals surface area contributed by atoms with Crippen LogP contribution in [0.4, 0.5) is 5.13 Å². The normalized spacial score (nSPS) is 25.4. The van der Waals surface area contributed by atoms with Crippen molar-refractivity contribution in [3.8, 4) is 0 Å². The van der Waals surface area contributed by atoms with Gasteiger partial charge in [0.25, 0.3) is 0 Å². The molecule has 3 rings (SSSR count). The average Bonchev–Trinajstić information content (AvgIpc) is 2.88. The Hall–Kier alpha value is -0.610. The maximum absolute atomic E-state index is 4.47. The van der Waals surface area contributed by atoms with Crippen molar-refractivity contribution < 1.29 is 0 Å². The zero-order chi connectivity index (χ0) is 11.7. The summed E-state index contributed by atoms with van der Waals surface area (Å²) in [5, 5.41) is 3.31. The third-order valence-electron chi connectivity index (χ3n) is 4.40. The van der Waals surface area contributed by atoms with Crippen LogP contribution in [0.1, 0.15) is 25.7 Å². The molecule has 2 fully saturated rings. The van der Waals surface area contributed by atoms with E-state index in [2.05, 4.69) is 27.2 Å². The van der Waals surface area contributed by atoms with Crippen LogP contribution in [0.2, 0.25) is 0 Å². The molecular weight excluding hydrogens is 230 g/mol. The van der Waals surface area contributed by atoms with Crippen molar-refractivity contribution in [2.24, 2.45) is 5.41 Å². The molecular formula is C13H21N3S. The van der Waals surface area contributed by atoms with Crippen LogP contribution < -0.4 is 4.90 Å². The SMILES string of the molecule is CN1CCC2(CCCN(c3nccs3)C2)CC1. The van der Waals surface area contributed by atoms with Gasteiger partial charge < -0.3 is 9.80 Å². The predicted molar refractivity (Wildman–Crippen MR) is 72.7 cm³/mol. The summed E-state index contributed by atoms with van der Waals surface area (Å²) in [6, 6.07) is 0. The van der Waals surface area contributed by atoms with E-state index in [9.17, 15) is 0 Å². The largest absolute Gasteiger partial charge is 0.348 e. The minimum atomic E-state index is 0.580. The molecule has 0 aromatic carbocycles. The Bertz CT molecular complexity index is 355. The Morgan fingerprint density at radius 3 is 2.76 bits per heavy atom. The Morgan fingerprint density at radius 2 is 2.06 bits per heavy atom. The molecule has 0 unspecified atom stereocenters. The smallest absolute Gasteiger partial charge is 0.185 e. The second kappa shape index (κ2) is 4.58. The van der Waals surface area contributed by atoms with Gasteiger partial charge in [0.2, 0.25) is 0 Å². The lowest BCUT2D eigenvalue weighted by atomic mass is 9.72. The quantitative estimate of drug-likeness (QED) is 0.764. The molecule has 1 aromatic rings. The van der Waals surface area contributed by atoms with E-state index in [1.807, 2.05) is 6.20 Å².